The van der Waals surface area contributed by atoms with Crippen LogP contribution in [0.1, 0.15) is 18.1 Å². The van der Waals surface area contributed by atoms with E-state index in [0.29, 0.717) is 18.0 Å². The number of anilines is 2. The summed E-state index contributed by atoms with van der Waals surface area (Å²) in [5.74, 6) is 1.35. The maximum Gasteiger partial charge on any atom is 0.241 e. The van der Waals surface area contributed by atoms with Crippen LogP contribution in [0.25, 0.3) is 0 Å². The normalized spacial score (nSPS) is 15.0. The largest absolute Gasteiger partial charge is 0.493 e. The highest BCUT2D eigenvalue weighted by Crippen LogP contribution is 2.31. The van der Waals surface area contributed by atoms with Gasteiger partial charge < -0.3 is 24.4 Å². The minimum Gasteiger partial charge on any atom is -0.493 e. The fraction of sp³-hybridized carbons (Fsp3) is 0.458. The third-order valence-corrected chi connectivity index (χ3v) is 5.81. The number of hydrogen-bond donors (Lipinski definition) is 1. The molecule has 0 spiro atoms. The van der Waals surface area contributed by atoms with Gasteiger partial charge in [-0.2, -0.15) is 0 Å². The standard InChI is InChI=1S/C24H33N3O4/c1-17-14-22(29-4)23(30-5)15-19(17)16-26(3)18(2)24(28)25-20-6-8-21(9-7-20)27-10-12-31-13-11-27/h6-9,14-15,18H,10-13,16H2,1-5H3,(H,25,28)/t18-/m1/s1. The van der Waals surface area contributed by atoms with Gasteiger partial charge in [-0.1, -0.05) is 0 Å². The zero-order valence-electron chi connectivity index (χ0n) is 19.1. The number of rotatable bonds is 8. The average molecular weight is 428 g/mol. The summed E-state index contributed by atoms with van der Waals surface area (Å²) in [6.07, 6.45) is 0. The average Bonchev–Trinajstić information content (AvgIpc) is 2.80. The number of aryl methyl sites for hydroxylation is 1. The van der Waals surface area contributed by atoms with Crippen molar-refractivity contribution in [2.45, 2.75) is 26.4 Å². The molecular weight excluding hydrogens is 394 g/mol. The number of nitrogens with one attached hydrogen (secondary N) is 1. The molecule has 1 amide bonds. The number of methoxy groups -OCH3 is 2. The van der Waals surface area contributed by atoms with Gasteiger partial charge >= 0.3 is 0 Å². The van der Waals surface area contributed by atoms with Crippen LogP contribution in [0.3, 0.4) is 0 Å². The van der Waals surface area contributed by atoms with Crippen LogP contribution in [0.5, 0.6) is 11.5 Å². The van der Waals surface area contributed by atoms with Crippen LogP contribution in [0.2, 0.25) is 0 Å². The van der Waals surface area contributed by atoms with Crippen LogP contribution < -0.4 is 19.7 Å². The van der Waals surface area contributed by atoms with Crippen molar-refractivity contribution in [2.75, 3.05) is 57.8 Å². The van der Waals surface area contributed by atoms with Crippen molar-refractivity contribution < 1.29 is 19.0 Å². The maximum atomic E-state index is 12.8. The summed E-state index contributed by atoms with van der Waals surface area (Å²) in [6, 6.07) is 11.6. The van der Waals surface area contributed by atoms with Gasteiger partial charge in [0.2, 0.25) is 5.91 Å². The smallest absolute Gasteiger partial charge is 0.241 e. The summed E-state index contributed by atoms with van der Waals surface area (Å²) < 4.78 is 16.2. The van der Waals surface area contributed by atoms with Crippen LogP contribution in [0, 0.1) is 6.92 Å². The predicted molar refractivity (Wildman–Crippen MR) is 123 cm³/mol. The van der Waals surface area contributed by atoms with Gasteiger partial charge in [0.05, 0.1) is 33.5 Å². The molecular formula is C24H33N3O4. The molecule has 1 heterocycles. The van der Waals surface area contributed by atoms with E-state index in [-0.39, 0.29) is 11.9 Å². The Morgan fingerprint density at radius 2 is 1.74 bits per heavy atom. The summed E-state index contributed by atoms with van der Waals surface area (Å²) in [5, 5.41) is 3.03. The predicted octanol–water partition coefficient (Wildman–Crippen LogP) is 3.31. The molecule has 1 N–H and O–H groups in total. The van der Waals surface area contributed by atoms with E-state index in [1.807, 2.05) is 62.2 Å². The van der Waals surface area contributed by atoms with Crippen molar-refractivity contribution in [1.82, 2.24) is 4.90 Å². The van der Waals surface area contributed by atoms with Gasteiger partial charge in [0.25, 0.3) is 0 Å². The molecule has 31 heavy (non-hydrogen) atoms. The van der Waals surface area contributed by atoms with Gasteiger partial charge in [0.1, 0.15) is 0 Å². The highest BCUT2D eigenvalue weighted by molar-refractivity contribution is 5.94. The number of ether oxygens (including phenoxy) is 3. The molecule has 0 aromatic heterocycles. The first-order valence-corrected chi connectivity index (χ1v) is 10.6. The van der Waals surface area contributed by atoms with Crippen molar-refractivity contribution in [3.63, 3.8) is 0 Å². The Morgan fingerprint density at radius 3 is 2.35 bits per heavy atom. The molecule has 3 rings (SSSR count). The molecule has 1 aliphatic rings. The minimum atomic E-state index is -0.300. The van der Waals surface area contributed by atoms with E-state index >= 15 is 0 Å². The van der Waals surface area contributed by atoms with E-state index in [2.05, 4.69) is 10.2 Å². The molecule has 0 aliphatic carbocycles. The summed E-state index contributed by atoms with van der Waals surface area (Å²) >= 11 is 0. The van der Waals surface area contributed by atoms with Crippen LogP contribution in [-0.4, -0.2) is 64.4 Å². The molecule has 168 valence electrons. The molecule has 1 atom stereocenters. The summed E-state index contributed by atoms with van der Waals surface area (Å²) in [5.41, 5.74) is 4.13. The molecule has 1 fully saturated rings. The Balaban J connectivity index is 1.60. The molecule has 0 bridgehead atoms. The van der Waals surface area contributed by atoms with Gasteiger partial charge in [0.15, 0.2) is 11.5 Å². The second kappa shape index (κ2) is 10.5. The van der Waals surface area contributed by atoms with Crippen molar-refractivity contribution in [3.8, 4) is 11.5 Å². The molecule has 2 aromatic carbocycles. The second-order valence-electron chi connectivity index (χ2n) is 7.86. The lowest BCUT2D eigenvalue weighted by molar-refractivity contribution is -0.120. The Hall–Kier alpha value is -2.77. The first-order chi connectivity index (χ1) is 14.9. The summed E-state index contributed by atoms with van der Waals surface area (Å²) in [7, 11) is 5.20. The minimum absolute atomic E-state index is 0.0419. The lowest BCUT2D eigenvalue weighted by Gasteiger charge is -2.29. The molecule has 0 saturated carbocycles. The third kappa shape index (κ3) is 5.68. The highest BCUT2D eigenvalue weighted by Gasteiger charge is 2.20. The zero-order chi connectivity index (χ0) is 22.4. The number of carbonyl (C=O) groups excluding carboxylic acids is 1. The van der Waals surface area contributed by atoms with Crippen molar-refractivity contribution >= 4 is 17.3 Å². The zero-order valence-corrected chi connectivity index (χ0v) is 19.1. The topological polar surface area (TPSA) is 63.3 Å². The van der Waals surface area contributed by atoms with Crippen LogP contribution >= 0.6 is 0 Å². The molecule has 7 nitrogen and oxygen atoms in total. The monoisotopic (exact) mass is 427 g/mol. The second-order valence-corrected chi connectivity index (χ2v) is 7.86. The molecule has 2 aromatic rings. The van der Waals surface area contributed by atoms with Gasteiger partial charge in [-0.25, -0.2) is 0 Å². The van der Waals surface area contributed by atoms with Gasteiger partial charge in [-0.05, 0) is 68.4 Å². The molecule has 0 radical (unpaired) electrons. The Kier molecular flexibility index (Phi) is 7.76. The van der Waals surface area contributed by atoms with Crippen molar-refractivity contribution in [3.05, 3.63) is 47.5 Å². The van der Waals surface area contributed by atoms with E-state index in [9.17, 15) is 4.79 Å². The Morgan fingerprint density at radius 1 is 1.13 bits per heavy atom. The van der Waals surface area contributed by atoms with E-state index in [1.165, 1.54) is 0 Å². The van der Waals surface area contributed by atoms with Gasteiger partial charge in [-0.3, -0.25) is 9.69 Å². The first kappa shape index (κ1) is 22.9. The maximum absolute atomic E-state index is 12.8. The van der Waals surface area contributed by atoms with Crippen LogP contribution in [0.4, 0.5) is 11.4 Å². The van der Waals surface area contributed by atoms with Crippen LogP contribution in [-0.2, 0) is 16.1 Å². The number of morpholine rings is 1. The molecule has 1 aliphatic heterocycles. The number of carbonyl (C=O) groups is 1. The lowest BCUT2D eigenvalue weighted by Crippen LogP contribution is -2.39. The number of nitrogens with zero attached hydrogens (tertiary/aromatic N) is 2. The van der Waals surface area contributed by atoms with E-state index in [4.69, 9.17) is 14.2 Å². The van der Waals surface area contributed by atoms with Crippen molar-refractivity contribution in [2.24, 2.45) is 0 Å². The third-order valence-electron chi connectivity index (χ3n) is 5.81. The highest BCUT2D eigenvalue weighted by atomic mass is 16.5. The lowest BCUT2D eigenvalue weighted by atomic mass is 10.1. The number of hydrogen-bond acceptors (Lipinski definition) is 6. The van der Waals surface area contributed by atoms with Gasteiger partial charge in [0, 0.05) is 31.0 Å². The van der Waals surface area contributed by atoms with Gasteiger partial charge in [-0.15, -0.1) is 0 Å². The number of benzene rings is 2. The fourth-order valence-corrected chi connectivity index (χ4v) is 3.62. The summed E-state index contributed by atoms with van der Waals surface area (Å²) in [6.45, 7) is 7.85. The molecule has 7 heteroatoms. The fourth-order valence-electron chi connectivity index (χ4n) is 3.62. The number of likely N-dealkylation sites (N-methyl/N-ethyl adjacent to an activating group) is 1. The summed E-state index contributed by atoms with van der Waals surface area (Å²) in [4.78, 5) is 17.1. The quantitative estimate of drug-likeness (QED) is 0.697. The van der Waals surface area contributed by atoms with E-state index in [0.717, 1.165) is 48.8 Å². The van der Waals surface area contributed by atoms with E-state index in [1.54, 1.807) is 14.2 Å². The first-order valence-electron chi connectivity index (χ1n) is 10.6. The van der Waals surface area contributed by atoms with Crippen LogP contribution in [0.15, 0.2) is 36.4 Å². The number of amides is 1. The van der Waals surface area contributed by atoms with E-state index < -0.39 is 0 Å². The Bertz CT molecular complexity index is 879. The van der Waals surface area contributed by atoms with Crippen molar-refractivity contribution in [1.29, 1.82) is 0 Å². The molecule has 0 unspecified atom stereocenters. The molecule has 1 saturated heterocycles. The Labute approximate surface area is 184 Å². The SMILES string of the molecule is COc1cc(C)c(CN(C)[C@H](C)C(=O)Nc2ccc(N3CCOCC3)cc2)cc1OC.